The summed E-state index contributed by atoms with van der Waals surface area (Å²) in [5.74, 6) is 0. The average Bonchev–Trinajstić information content (AvgIpc) is 2.15. The van der Waals surface area contributed by atoms with E-state index in [0.717, 1.165) is 0 Å². The fourth-order valence-electron chi connectivity index (χ4n) is 1.07. The van der Waals surface area contributed by atoms with Crippen LogP contribution in [0.15, 0.2) is 18.3 Å². The zero-order valence-corrected chi connectivity index (χ0v) is 11.2. The van der Waals surface area contributed by atoms with Gasteiger partial charge in [-0.2, -0.15) is 0 Å². The molecule has 1 rings (SSSR count). The molecule has 6 heteroatoms. The number of nitrogens with zero attached hydrogens (tertiary/aromatic N) is 1. The molecule has 4 nitrogen and oxygen atoms in total. The fraction of sp³-hybridized carbons (Fsp3) is 0.545. The Morgan fingerprint density at radius 2 is 1.94 bits per heavy atom. The maximum absolute atomic E-state index is 9.94. The molecular formula is C11H17BClNO3. The molecule has 0 aliphatic carbocycles. The lowest BCUT2D eigenvalue weighted by Crippen LogP contribution is -2.53. The van der Waals surface area contributed by atoms with E-state index in [9.17, 15) is 10.1 Å². The standard InChI is InChI=1S/C11H17BClNO3/c1-10(2,15)11(3,4)17-12(16)8-6-5-7-14-9(8)13/h5-7,15-16H,1-4H3. The van der Waals surface area contributed by atoms with Crippen LogP contribution in [0.4, 0.5) is 0 Å². The van der Waals surface area contributed by atoms with E-state index in [1.807, 2.05) is 0 Å². The summed E-state index contributed by atoms with van der Waals surface area (Å²) in [6.07, 6.45) is 1.53. The Morgan fingerprint density at radius 3 is 2.41 bits per heavy atom. The van der Waals surface area contributed by atoms with Crippen LogP contribution < -0.4 is 5.46 Å². The Balaban J connectivity index is 2.87. The summed E-state index contributed by atoms with van der Waals surface area (Å²) in [5.41, 5.74) is -1.64. The molecule has 94 valence electrons. The summed E-state index contributed by atoms with van der Waals surface area (Å²) in [5, 5.41) is 20.1. The van der Waals surface area contributed by atoms with Crippen molar-refractivity contribution in [3.8, 4) is 0 Å². The molecule has 0 atom stereocenters. The molecule has 1 aromatic heterocycles. The molecule has 0 radical (unpaired) electrons. The smallest absolute Gasteiger partial charge is 0.423 e. The number of aromatic nitrogens is 1. The summed E-state index contributed by atoms with van der Waals surface area (Å²) >= 11 is 5.85. The predicted octanol–water partition coefficient (Wildman–Crippen LogP) is 0.989. The molecule has 1 heterocycles. The van der Waals surface area contributed by atoms with Gasteiger partial charge in [-0.1, -0.05) is 17.7 Å². The molecule has 0 aromatic carbocycles. The first-order valence-corrected chi connectivity index (χ1v) is 5.71. The number of rotatable bonds is 4. The predicted molar refractivity (Wildman–Crippen MR) is 68.3 cm³/mol. The van der Waals surface area contributed by atoms with Gasteiger partial charge in [-0.15, -0.1) is 0 Å². The van der Waals surface area contributed by atoms with Gasteiger partial charge in [-0.3, -0.25) is 0 Å². The maximum Gasteiger partial charge on any atom is 0.494 e. The van der Waals surface area contributed by atoms with Gasteiger partial charge >= 0.3 is 7.12 Å². The van der Waals surface area contributed by atoms with Crippen LogP contribution in [0, 0.1) is 0 Å². The largest absolute Gasteiger partial charge is 0.494 e. The third-order valence-electron chi connectivity index (χ3n) is 2.93. The lowest BCUT2D eigenvalue weighted by atomic mass is 9.77. The van der Waals surface area contributed by atoms with E-state index < -0.39 is 18.3 Å². The maximum atomic E-state index is 9.94. The summed E-state index contributed by atoms with van der Waals surface area (Å²) in [4.78, 5) is 3.86. The molecule has 0 saturated heterocycles. The van der Waals surface area contributed by atoms with Crippen LogP contribution in [0.25, 0.3) is 0 Å². The minimum Gasteiger partial charge on any atom is -0.423 e. The van der Waals surface area contributed by atoms with Crippen molar-refractivity contribution in [2.45, 2.75) is 38.9 Å². The van der Waals surface area contributed by atoms with Gasteiger partial charge in [0.25, 0.3) is 0 Å². The summed E-state index contributed by atoms with van der Waals surface area (Å²) < 4.78 is 5.45. The summed E-state index contributed by atoms with van der Waals surface area (Å²) in [6.45, 7) is 6.62. The monoisotopic (exact) mass is 257 g/mol. The number of hydrogen-bond donors (Lipinski definition) is 2. The van der Waals surface area contributed by atoms with Crippen LogP contribution in [0.5, 0.6) is 0 Å². The highest BCUT2D eigenvalue weighted by Gasteiger charge is 2.40. The zero-order valence-electron chi connectivity index (χ0n) is 10.4. The molecule has 17 heavy (non-hydrogen) atoms. The van der Waals surface area contributed by atoms with E-state index in [4.69, 9.17) is 16.3 Å². The molecular weight excluding hydrogens is 240 g/mol. The Bertz CT molecular complexity index is 393. The molecule has 0 fully saturated rings. The van der Waals surface area contributed by atoms with Gasteiger partial charge in [0.2, 0.25) is 0 Å². The molecule has 1 aromatic rings. The first kappa shape index (κ1) is 14.4. The normalized spacial score (nSPS) is 12.6. The fourth-order valence-corrected chi connectivity index (χ4v) is 1.28. The van der Waals surface area contributed by atoms with Gasteiger partial charge in [0.1, 0.15) is 5.15 Å². The van der Waals surface area contributed by atoms with E-state index in [-0.39, 0.29) is 5.15 Å². The van der Waals surface area contributed by atoms with E-state index in [0.29, 0.717) is 5.46 Å². The summed E-state index contributed by atoms with van der Waals surface area (Å²) in [7, 11) is -1.22. The third-order valence-corrected chi connectivity index (χ3v) is 3.25. The van der Waals surface area contributed by atoms with Crippen LogP contribution in [-0.4, -0.2) is 33.4 Å². The Hall–Kier alpha value is -0.615. The van der Waals surface area contributed by atoms with Crippen LogP contribution in [-0.2, 0) is 4.65 Å². The minimum atomic E-state index is -1.22. The van der Waals surface area contributed by atoms with Crippen molar-refractivity contribution in [3.05, 3.63) is 23.5 Å². The van der Waals surface area contributed by atoms with Crippen molar-refractivity contribution in [2.75, 3.05) is 0 Å². The molecule has 2 N–H and O–H groups in total. The van der Waals surface area contributed by atoms with Gasteiger partial charge in [0.05, 0.1) is 11.2 Å². The van der Waals surface area contributed by atoms with Gasteiger partial charge in [0.15, 0.2) is 0 Å². The molecule has 0 bridgehead atoms. The molecule has 0 amide bonds. The number of halogens is 1. The zero-order chi connectivity index (χ0) is 13.3. The van der Waals surface area contributed by atoms with E-state index >= 15 is 0 Å². The van der Waals surface area contributed by atoms with E-state index in [1.54, 1.807) is 39.8 Å². The SMILES string of the molecule is CC(C)(O)C(C)(C)OB(O)c1cccnc1Cl. The molecule has 0 unspecified atom stereocenters. The quantitative estimate of drug-likeness (QED) is 0.624. The first-order valence-electron chi connectivity index (χ1n) is 5.34. The van der Waals surface area contributed by atoms with Crippen molar-refractivity contribution in [2.24, 2.45) is 0 Å². The lowest BCUT2D eigenvalue weighted by molar-refractivity contribution is -0.0982. The average molecular weight is 258 g/mol. The van der Waals surface area contributed by atoms with Crippen LogP contribution in [0.3, 0.4) is 0 Å². The topological polar surface area (TPSA) is 62.6 Å². The summed E-state index contributed by atoms with van der Waals surface area (Å²) in [6, 6.07) is 3.28. The van der Waals surface area contributed by atoms with Gasteiger partial charge in [0, 0.05) is 11.7 Å². The molecule has 0 aliphatic rings. The van der Waals surface area contributed by atoms with Crippen molar-refractivity contribution >= 4 is 24.2 Å². The highest BCUT2D eigenvalue weighted by Crippen LogP contribution is 2.25. The van der Waals surface area contributed by atoms with Crippen molar-refractivity contribution < 1.29 is 14.8 Å². The second kappa shape index (κ2) is 4.94. The van der Waals surface area contributed by atoms with Crippen molar-refractivity contribution in [1.82, 2.24) is 4.98 Å². The van der Waals surface area contributed by atoms with Crippen LogP contribution >= 0.6 is 11.6 Å². The van der Waals surface area contributed by atoms with Crippen molar-refractivity contribution in [3.63, 3.8) is 0 Å². The van der Waals surface area contributed by atoms with E-state index in [1.165, 1.54) is 6.20 Å². The van der Waals surface area contributed by atoms with Crippen molar-refractivity contribution in [1.29, 1.82) is 0 Å². The van der Waals surface area contributed by atoms with Gasteiger partial charge in [-0.25, -0.2) is 4.98 Å². The highest BCUT2D eigenvalue weighted by atomic mass is 35.5. The lowest BCUT2D eigenvalue weighted by Gasteiger charge is -2.38. The second-order valence-electron chi connectivity index (χ2n) is 4.92. The molecule has 0 saturated carbocycles. The van der Waals surface area contributed by atoms with Gasteiger partial charge < -0.3 is 14.8 Å². The number of hydrogen-bond acceptors (Lipinski definition) is 4. The Kier molecular flexibility index (Phi) is 4.20. The second-order valence-corrected chi connectivity index (χ2v) is 5.28. The number of aliphatic hydroxyl groups is 1. The van der Waals surface area contributed by atoms with Gasteiger partial charge in [-0.05, 0) is 33.8 Å². The minimum absolute atomic E-state index is 0.187. The number of pyridine rings is 1. The Morgan fingerprint density at radius 1 is 1.35 bits per heavy atom. The third kappa shape index (κ3) is 3.42. The van der Waals surface area contributed by atoms with Crippen LogP contribution in [0.2, 0.25) is 5.15 Å². The first-order chi connectivity index (χ1) is 7.65. The Labute approximate surface area is 107 Å². The van der Waals surface area contributed by atoms with Crippen LogP contribution in [0.1, 0.15) is 27.7 Å². The molecule has 0 spiro atoms. The van der Waals surface area contributed by atoms with E-state index in [2.05, 4.69) is 4.98 Å². The molecule has 0 aliphatic heterocycles. The highest BCUT2D eigenvalue weighted by molar-refractivity contribution is 6.63.